The Morgan fingerprint density at radius 3 is 2.34 bits per heavy atom. The lowest BCUT2D eigenvalue weighted by Gasteiger charge is -2.34. The van der Waals surface area contributed by atoms with E-state index >= 15 is 0 Å². The summed E-state index contributed by atoms with van der Waals surface area (Å²) in [5.74, 6) is 2.63. The molecule has 0 saturated carbocycles. The quantitative estimate of drug-likeness (QED) is 0.322. The zero-order valence-electron chi connectivity index (χ0n) is 18.6. The molecule has 0 aliphatic carbocycles. The van der Waals surface area contributed by atoms with Gasteiger partial charge in [0.05, 0.1) is 19.7 Å². The molecule has 1 amide bonds. The number of methoxy groups -OCH3 is 1. The molecule has 0 spiro atoms. The number of ether oxygens (including phenoxy) is 1. The second-order valence-electron chi connectivity index (χ2n) is 8.52. The van der Waals surface area contributed by atoms with Gasteiger partial charge in [-0.2, -0.15) is 0 Å². The molecular formula is C22H33BrN2O3Si. The van der Waals surface area contributed by atoms with Gasteiger partial charge in [0.2, 0.25) is 5.91 Å². The molecule has 0 bridgehead atoms. The summed E-state index contributed by atoms with van der Waals surface area (Å²) in [5.41, 5.74) is 4.37. The lowest BCUT2D eigenvalue weighted by molar-refractivity contribution is -0.149. The summed E-state index contributed by atoms with van der Waals surface area (Å²) in [6.07, 6.45) is 0. The Morgan fingerprint density at radius 2 is 1.83 bits per heavy atom. The Morgan fingerprint density at radius 1 is 1.21 bits per heavy atom. The maximum Gasteiger partial charge on any atom is 0.325 e. The van der Waals surface area contributed by atoms with E-state index in [1.165, 1.54) is 12.0 Å². The smallest absolute Gasteiger partial charge is 0.325 e. The number of halogens is 1. The standard InChI is InChI=1S/C22H33BrN2O3Si/c1-17(2)21(24(3)15-18-11-8-9-12-19(18)23)22(27)25(16-20(26)28-4)13-10-14-29(5,6)7/h8-9,11-12,17,21H,13,15-16H2,1-7H3/t21-/m0/s1. The van der Waals surface area contributed by atoms with Crippen molar-refractivity contribution in [2.24, 2.45) is 5.92 Å². The fraction of sp³-hybridized carbons (Fsp3) is 0.545. The highest BCUT2D eigenvalue weighted by Gasteiger charge is 2.31. The summed E-state index contributed by atoms with van der Waals surface area (Å²) < 4.78 is 5.81. The largest absolute Gasteiger partial charge is 0.468 e. The predicted molar refractivity (Wildman–Crippen MR) is 124 cm³/mol. The van der Waals surface area contributed by atoms with E-state index in [0.717, 1.165) is 10.0 Å². The number of likely N-dealkylation sites (N-methyl/N-ethyl adjacent to an activating group) is 1. The van der Waals surface area contributed by atoms with Gasteiger partial charge in [-0.05, 0) is 24.6 Å². The van der Waals surface area contributed by atoms with Crippen LogP contribution in [0.4, 0.5) is 0 Å². The molecule has 0 aliphatic heterocycles. The normalized spacial score (nSPS) is 12.3. The maximum absolute atomic E-state index is 13.4. The summed E-state index contributed by atoms with van der Waals surface area (Å²) in [6, 6.07) is 7.60. The van der Waals surface area contributed by atoms with Crippen molar-refractivity contribution in [2.45, 2.75) is 46.1 Å². The summed E-state index contributed by atoms with van der Waals surface area (Å²) in [7, 11) is 1.70. The molecule has 29 heavy (non-hydrogen) atoms. The molecule has 1 rings (SSSR count). The third kappa shape index (κ3) is 8.73. The van der Waals surface area contributed by atoms with Crippen LogP contribution in [0.5, 0.6) is 0 Å². The van der Waals surface area contributed by atoms with E-state index in [-0.39, 0.29) is 31.0 Å². The first-order valence-electron chi connectivity index (χ1n) is 9.75. The zero-order valence-corrected chi connectivity index (χ0v) is 21.2. The van der Waals surface area contributed by atoms with E-state index in [2.05, 4.69) is 47.0 Å². The third-order valence-corrected chi connectivity index (χ3v) is 6.03. The average molecular weight is 482 g/mol. The number of benzene rings is 1. The van der Waals surface area contributed by atoms with Crippen molar-refractivity contribution in [2.75, 3.05) is 27.2 Å². The highest BCUT2D eigenvalue weighted by molar-refractivity contribution is 9.10. The minimum atomic E-state index is -1.57. The Bertz CT molecular complexity index is 765. The van der Waals surface area contributed by atoms with E-state index in [0.29, 0.717) is 6.54 Å². The molecule has 1 aromatic carbocycles. The molecule has 0 heterocycles. The number of rotatable bonds is 8. The second kappa shape index (κ2) is 11.5. The van der Waals surface area contributed by atoms with E-state index in [1.54, 1.807) is 0 Å². The van der Waals surface area contributed by atoms with Crippen LogP contribution in [-0.2, 0) is 20.9 Å². The SMILES string of the molecule is COC(=O)CN(CC#C[Si](C)(C)C)C(=O)[C@H](C(C)C)N(C)Cc1ccccc1Br. The molecule has 5 nitrogen and oxygen atoms in total. The van der Waals surface area contributed by atoms with Gasteiger partial charge in [0.1, 0.15) is 14.6 Å². The van der Waals surface area contributed by atoms with Crippen molar-refractivity contribution in [3.05, 3.63) is 34.3 Å². The van der Waals surface area contributed by atoms with E-state index < -0.39 is 14.0 Å². The van der Waals surface area contributed by atoms with Crippen molar-refractivity contribution in [1.29, 1.82) is 0 Å². The van der Waals surface area contributed by atoms with Crippen molar-refractivity contribution in [1.82, 2.24) is 9.80 Å². The topological polar surface area (TPSA) is 49.9 Å². The Balaban J connectivity index is 3.09. The van der Waals surface area contributed by atoms with Gasteiger partial charge in [0.25, 0.3) is 0 Å². The van der Waals surface area contributed by atoms with Gasteiger partial charge in [0.15, 0.2) is 0 Å². The minimum absolute atomic E-state index is 0.0695. The molecule has 0 aromatic heterocycles. The summed E-state index contributed by atoms with van der Waals surface area (Å²) in [4.78, 5) is 28.9. The number of hydrogen-bond acceptors (Lipinski definition) is 4. The van der Waals surface area contributed by atoms with Crippen molar-refractivity contribution >= 4 is 35.9 Å². The van der Waals surface area contributed by atoms with Gasteiger partial charge in [-0.25, -0.2) is 0 Å². The molecule has 0 N–H and O–H groups in total. The van der Waals surface area contributed by atoms with Crippen molar-refractivity contribution in [3.63, 3.8) is 0 Å². The molecule has 1 atom stereocenters. The van der Waals surface area contributed by atoms with E-state index in [9.17, 15) is 9.59 Å². The van der Waals surface area contributed by atoms with Crippen LogP contribution in [-0.4, -0.2) is 63.0 Å². The summed E-state index contributed by atoms with van der Waals surface area (Å²) in [5, 5.41) is 0. The van der Waals surface area contributed by atoms with Crippen LogP contribution in [0.3, 0.4) is 0 Å². The first kappa shape index (κ1) is 25.4. The molecule has 0 saturated heterocycles. The molecule has 0 aliphatic rings. The number of hydrogen-bond donors (Lipinski definition) is 0. The molecule has 1 aromatic rings. The minimum Gasteiger partial charge on any atom is -0.468 e. The fourth-order valence-corrected chi connectivity index (χ4v) is 4.02. The predicted octanol–water partition coefficient (Wildman–Crippen LogP) is 3.79. The first-order valence-corrected chi connectivity index (χ1v) is 14.0. The van der Waals surface area contributed by atoms with Crippen LogP contribution >= 0.6 is 15.9 Å². The van der Waals surface area contributed by atoms with E-state index in [1.807, 2.05) is 50.1 Å². The van der Waals surface area contributed by atoms with Gasteiger partial charge in [-0.3, -0.25) is 14.5 Å². The zero-order chi connectivity index (χ0) is 22.2. The van der Waals surface area contributed by atoms with Gasteiger partial charge in [0, 0.05) is 11.0 Å². The van der Waals surface area contributed by atoms with Crippen LogP contribution < -0.4 is 0 Å². The maximum atomic E-state index is 13.4. The average Bonchev–Trinajstić information content (AvgIpc) is 2.61. The van der Waals surface area contributed by atoms with Gasteiger partial charge in [-0.15, -0.1) is 5.54 Å². The molecule has 160 valence electrons. The number of carbonyl (C=O) groups excluding carboxylic acids is 2. The molecule has 0 radical (unpaired) electrons. The fourth-order valence-electron chi connectivity index (χ4n) is 3.00. The van der Waals surface area contributed by atoms with Crippen LogP contribution in [0.15, 0.2) is 28.7 Å². The Kier molecular flexibility index (Phi) is 10.1. The third-order valence-electron chi connectivity index (χ3n) is 4.33. The lowest BCUT2D eigenvalue weighted by atomic mass is 10.0. The molecule has 0 unspecified atom stereocenters. The Hall–Kier alpha value is -1.62. The molecule has 7 heteroatoms. The molecular weight excluding hydrogens is 448 g/mol. The first-order chi connectivity index (χ1) is 13.5. The van der Waals surface area contributed by atoms with Gasteiger partial charge in [-0.1, -0.05) is 73.5 Å². The van der Waals surface area contributed by atoms with Crippen LogP contribution in [0.1, 0.15) is 19.4 Å². The highest BCUT2D eigenvalue weighted by Crippen LogP contribution is 2.21. The van der Waals surface area contributed by atoms with Gasteiger partial charge < -0.3 is 9.64 Å². The highest BCUT2D eigenvalue weighted by atomic mass is 79.9. The van der Waals surface area contributed by atoms with Crippen LogP contribution in [0, 0.1) is 17.4 Å². The van der Waals surface area contributed by atoms with Crippen LogP contribution in [0.25, 0.3) is 0 Å². The second-order valence-corrected chi connectivity index (χ2v) is 14.1. The van der Waals surface area contributed by atoms with Gasteiger partial charge >= 0.3 is 5.97 Å². The van der Waals surface area contributed by atoms with E-state index in [4.69, 9.17) is 4.74 Å². The number of esters is 1. The van der Waals surface area contributed by atoms with Crippen molar-refractivity contribution in [3.8, 4) is 11.5 Å². The number of nitrogens with zero attached hydrogens (tertiary/aromatic N) is 2. The molecule has 0 fully saturated rings. The Labute approximate surface area is 184 Å². The monoisotopic (exact) mass is 480 g/mol. The lowest BCUT2D eigenvalue weighted by Crippen LogP contribution is -2.51. The number of carbonyl (C=O) groups is 2. The number of amides is 1. The van der Waals surface area contributed by atoms with Crippen molar-refractivity contribution < 1.29 is 14.3 Å². The summed E-state index contributed by atoms with van der Waals surface area (Å²) in [6.45, 7) is 11.2. The summed E-state index contributed by atoms with van der Waals surface area (Å²) >= 11 is 3.57. The van der Waals surface area contributed by atoms with Crippen LogP contribution in [0.2, 0.25) is 19.6 Å².